The first-order chi connectivity index (χ1) is 19.7. The van der Waals surface area contributed by atoms with Gasteiger partial charge < -0.3 is 10.2 Å². The van der Waals surface area contributed by atoms with E-state index in [1.165, 1.54) is 18.0 Å². The van der Waals surface area contributed by atoms with Gasteiger partial charge in [-0.1, -0.05) is 42.5 Å². The molecule has 3 aromatic carbocycles. The predicted molar refractivity (Wildman–Crippen MR) is 159 cm³/mol. The lowest BCUT2D eigenvalue weighted by atomic mass is 10.1. The highest BCUT2D eigenvalue weighted by Gasteiger charge is 2.25. The number of rotatable bonds is 14. The van der Waals surface area contributed by atoms with Gasteiger partial charge >= 0.3 is 0 Å². The molecule has 0 heterocycles. The topological polar surface area (TPSA) is 160 Å². The first-order valence-electron chi connectivity index (χ1n) is 12.8. The molecule has 41 heavy (non-hydrogen) atoms. The molecule has 0 fully saturated rings. The normalized spacial score (nSPS) is 11.6. The van der Waals surface area contributed by atoms with E-state index in [9.17, 15) is 29.8 Å². The van der Waals surface area contributed by atoms with Gasteiger partial charge in [-0.2, -0.15) is 16.9 Å². The number of carbonyl (C=O) groups excluding carboxylic acids is 2. The fourth-order valence-corrected chi connectivity index (χ4v) is 4.86. The summed E-state index contributed by atoms with van der Waals surface area (Å²) in [5, 5.41) is 29.0. The second-order valence-electron chi connectivity index (χ2n) is 8.78. The number of carbonyl (C=O) groups is 2. The molecule has 2 amide bonds. The smallest absolute Gasteiger partial charge is 0.277 e. The molecule has 12 nitrogen and oxygen atoms in total. The molecule has 214 valence electrons. The Morgan fingerprint density at radius 2 is 1.56 bits per heavy atom. The van der Waals surface area contributed by atoms with Crippen molar-refractivity contribution in [3.63, 3.8) is 0 Å². The Bertz CT molecular complexity index is 1360. The van der Waals surface area contributed by atoms with Crippen molar-refractivity contribution in [3.8, 4) is 0 Å². The van der Waals surface area contributed by atoms with Gasteiger partial charge in [0.05, 0.1) is 27.7 Å². The van der Waals surface area contributed by atoms with Crippen LogP contribution in [0, 0.1) is 20.2 Å². The molecule has 0 unspecified atom stereocenters. The monoisotopic (exact) mass is 578 g/mol. The summed E-state index contributed by atoms with van der Waals surface area (Å²) in [5.74, 6) is -0.772. The molecule has 2 N–H and O–H groups in total. The van der Waals surface area contributed by atoms with Gasteiger partial charge in [0.1, 0.15) is 6.04 Å². The number of anilines is 1. The molecule has 1 atom stereocenters. The van der Waals surface area contributed by atoms with E-state index in [-0.39, 0.29) is 11.3 Å². The summed E-state index contributed by atoms with van der Waals surface area (Å²) in [5.41, 5.74) is 3.73. The molecule has 3 aromatic rings. The molecule has 0 saturated heterocycles. The average molecular weight is 579 g/mol. The van der Waals surface area contributed by atoms with Crippen LogP contribution in [0.4, 0.5) is 17.1 Å². The minimum atomic E-state index is -1.09. The van der Waals surface area contributed by atoms with Gasteiger partial charge in [0.2, 0.25) is 0 Å². The number of nitro groups is 2. The quantitative estimate of drug-likeness (QED) is 0.160. The third-order valence-electron chi connectivity index (χ3n) is 6.01. The lowest BCUT2D eigenvalue weighted by molar-refractivity contribution is -0.394. The summed E-state index contributed by atoms with van der Waals surface area (Å²) < 4.78 is 0. The maximum atomic E-state index is 13.0. The van der Waals surface area contributed by atoms with E-state index >= 15 is 0 Å². The van der Waals surface area contributed by atoms with Crippen LogP contribution in [0.25, 0.3) is 0 Å². The summed E-state index contributed by atoms with van der Waals surface area (Å²) in [6.45, 7) is 5.89. The number of non-ortho nitro benzene ring substituents is 2. The molecular weight excluding hydrogens is 548 g/mol. The van der Waals surface area contributed by atoms with Crippen LogP contribution in [0.15, 0.2) is 77.9 Å². The zero-order valence-corrected chi connectivity index (χ0v) is 23.4. The van der Waals surface area contributed by atoms with Crippen molar-refractivity contribution in [2.24, 2.45) is 5.10 Å². The molecule has 0 saturated carbocycles. The van der Waals surface area contributed by atoms with Gasteiger partial charge in [-0.3, -0.25) is 29.8 Å². The summed E-state index contributed by atoms with van der Waals surface area (Å²) in [6.07, 6.45) is 1.48. The van der Waals surface area contributed by atoms with Gasteiger partial charge in [-0.05, 0) is 37.1 Å². The van der Waals surface area contributed by atoms with Crippen molar-refractivity contribution in [3.05, 3.63) is 110 Å². The largest absolute Gasteiger partial charge is 0.372 e. The summed E-state index contributed by atoms with van der Waals surface area (Å²) in [7, 11) is 0. The highest BCUT2D eigenvalue weighted by atomic mass is 32.2. The molecular formula is C28H30N6O6S. The highest BCUT2D eigenvalue weighted by Crippen LogP contribution is 2.23. The van der Waals surface area contributed by atoms with E-state index in [0.29, 0.717) is 5.75 Å². The van der Waals surface area contributed by atoms with E-state index in [4.69, 9.17) is 0 Å². The number of nitrogens with one attached hydrogen (secondary N) is 2. The molecule has 0 aliphatic carbocycles. The summed E-state index contributed by atoms with van der Waals surface area (Å²) in [4.78, 5) is 49.0. The van der Waals surface area contributed by atoms with Gasteiger partial charge in [0.15, 0.2) is 0 Å². The van der Waals surface area contributed by atoms with Crippen LogP contribution in [-0.4, -0.2) is 52.8 Å². The molecule has 0 radical (unpaired) electrons. The molecule has 0 aliphatic rings. The second kappa shape index (κ2) is 15.1. The van der Waals surface area contributed by atoms with Crippen molar-refractivity contribution >= 4 is 46.9 Å². The lowest BCUT2D eigenvalue weighted by Gasteiger charge is -2.20. The van der Waals surface area contributed by atoms with Gasteiger partial charge in [-0.25, -0.2) is 5.43 Å². The fourth-order valence-electron chi connectivity index (χ4n) is 3.84. The number of nitrogens with zero attached hydrogens (tertiary/aromatic N) is 4. The van der Waals surface area contributed by atoms with Crippen LogP contribution in [0.1, 0.15) is 35.3 Å². The summed E-state index contributed by atoms with van der Waals surface area (Å²) in [6, 6.07) is 18.7. The van der Waals surface area contributed by atoms with E-state index in [1.54, 1.807) is 0 Å². The Hall–Kier alpha value is -4.78. The molecule has 0 aromatic heterocycles. The van der Waals surface area contributed by atoms with Crippen LogP contribution < -0.4 is 15.6 Å². The number of hydrogen-bond donors (Lipinski definition) is 2. The number of nitro benzene ring substituents is 2. The average Bonchev–Trinajstić information content (AvgIpc) is 2.98. The lowest BCUT2D eigenvalue weighted by Crippen LogP contribution is -2.47. The molecule has 0 aliphatic heterocycles. The minimum Gasteiger partial charge on any atom is -0.372 e. The van der Waals surface area contributed by atoms with E-state index in [1.807, 2.05) is 54.6 Å². The van der Waals surface area contributed by atoms with Crippen molar-refractivity contribution in [2.45, 2.75) is 25.6 Å². The van der Waals surface area contributed by atoms with Crippen molar-refractivity contribution in [1.29, 1.82) is 0 Å². The number of amides is 2. The number of thioether (sulfide) groups is 1. The maximum Gasteiger partial charge on any atom is 0.277 e. The Balaban J connectivity index is 1.74. The Morgan fingerprint density at radius 1 is 0.951 bits per heavy atom. The Kier molecular flexibility index (Phi) is 11.3. The van der Waals surface area contributed by atoms with Crippen LogP contribution in [0.2, 0.25) is 0 Å². The number of hydrazone groups is 1. The minimum absolute atomic E-state index is 0.150. The standard InChI is InChI=1S/C28H30N6O6S/c1-3-32(4-2)23-12-10-20(11-13-23)17-29-31-28(36)26(19-41-18-21-8-6-5-7-9-21)30-27(35)22-14-24(33(37)38)16-25(15-22)34(39)40/h5-17,26H,3-4,18-19H2,1-2H3,(H,30,35)(H,31,36)/b29-17-/t26-/m1/s1. The van der Waals surface area contributed by atoms with Gasteiger partial charge in [0.25, 0.3) is 23.2 Å². The first-order valence-corrected chi connectivity index (χ1v) is 13.9. The molecule has 0 bridgehead atoms. The molecule has 3 rings (SSSR count). The predicted octanol–water partition coefficient (Wildman–Crippen LogP) is 4.53. The third kappa shape index (κ3) is 9.14. The number of hydrogen-bond acceptors (Lipinski definition) is 9. The van der Waals surface area contributed by atoms with Crippen LogP contribution in [0.5, 0.6) is 0 Å². The summed E-state index contributed by atoms with van der Waals surface area (Å²) >= 11 is 1.39. The molecule has 0 spiro atoms. The second-order valence-corrected chi connectivity index (χ2v) is 9.81. The molecule has 13 heteroatoms. The maximum absolute atomic E-state index is 13.0. The van der Waals surface area contributed by atoms with Crippen molar-refractivity contribution < 1.29 is 19.4 Å². The van der Waals surface area contributed by atoms with Crippen LogP contribution in [-0.2, 0) is 10.5 Å². The van der Waals surface area contributed by atoms with Gasteiger partial charge in [-0.15, -0.1) is 0 Å². The van der Waals surface area contributed by atoms with E-state index in [0.717, 1.165) is 48.1 Å². The van der Waals surface area contributed by atoms with Crippen molar-refractivity contribution in [1.82, 2.24) is 10.7 Å². The highest BCUT2D eigenvalue weighted by molar-refractivity contribution is 7.98. The van der Waals surface area contributed by atoms with Crippen LogP contribution >= 0.6 is 11.8 Å². The first kappa shape index (κ1) is 30.8. The zero-order valence-electron chi connectivity index (χ0n) is 22.6. The van der Waals surface area contributed by atoms with Crippen molar-refractivity contribution in [2.75, 3.05) is 23.7 Å². The van der Waals surface area contributed by atoms with E-state index < -0.39 is 39.1 Å². The SMILES string of the molecule is CCN(CC)c1ccc(/C=N\NC(=O)[C@@H](CSCc2ccccc2)NC(=O)c2cc([N+](=O)[O-])cc([N+](=O)[O-])c2)cc1. The zero-order chi connectivity index (χ0) is 29.8. The van der Waals surface area contributed by atoms with Crippen LogP contribution in [0.3, 0.4) is 0 Å². The van der Waals surface area contributed by atoms with Gasteiger partial charge in [0, 0.05) is 42.4 Å². The van der Waals surface area contributed by atoms with E-state index in [2.05, 4.69) is 34.6 Å². The number of benzene rings is 3. The Morgan fingerprint density at radius 3 is 2.12 bits per heavy atom. The fraction of sp³-hybridized carbons (Fsp3) is 0.250. The third-order valence-corrected chi connectivity index (χ3v) is 7.12. The Labute approximate surface area is 241 Å².